The predicted octanol–water partition coefficient (Wildman–Crippen LogP) is 3.87. The van der Waals surface area contributed by atoms with Crippen LogP contribution < -0.4 is 19.5 Å². The summed E-state index contributed by atoms with van der Waals surface area (Å²) in [5.74, 6) is -0.0302. The molecule has 0 aliphatic rings. The van der Waals surface area contributed by atoms with Crippen molar-refractivity contribution in [2.45, 2.75) is 12.7 Å². The predicted molar refractivity (Wildman–Crippen MR) is 122 cm³/mol. The van der Waals surface area contributed by atoms with E-state index in [0.717, 1.165) is 23.8 Å². The fraction of sp³-hybridized carbons (Fsp3) is 0.217. The second-order valence-corrected chi connectivity index (χ2v) is 7.14. The summed E-state index contributed by atoms with van der Waals surface area (Å²) < 4.78 is 41.5. The second-order valence-electron chi connectivity index (χ2n) is 7.14. The molecule has 0 bridgehead atoms. The minimum atomic E-state index is -3.20. The number of rotatable bonds is 10. The Kier molecular flexibility index (Phi) is 7.97. The smallest absolute Gasteiger partial charge is 0.387 e. The first-order valence-corrected chi connectivity index (χ1v) is 10.1. The van der Waals surface area contributed by atoms with E-state index in [4.69, 9.17) is 9.47 Å². The van der Waals surface area contributed by atoms with Crippen LogP contribution in [0.2, 0.25) is 0 Å². The molecule has 1 N–H and O–H groups in total. The Labute approximate surface area is 198 Å². The van der Waals surface area contributed by atoms with E-state index >= 15 is 0 Å². The van der Waals surface area contributed by atoms with Crippen LogP contribution in [0.5, 0.6) is 17.2 Å². The van der Waals surface area contributed by atoms with Gasteiger partial charge in [0.05, 0.1) is 30.8 Å². The maximum atomic E-state index is 12.8. The lowest BCUT2D eigenvalue weighted by Crippen LogP contribution is -2.29. The van der Waals surface area contributed by atoms with Gasteiger partial charge in [-0.1, -0.05) is 12.1 Å². The van der Waals surface area contributed by atoms with E-state index in [9.17, 15) is 23.7 Å². The SMILES string of the molecule is COc1ccc(C(NC(=O)/C=C/c2cc(OC)c(OC(F)F)cc2[N+](=O)[O-])c2nccn2C)cc1. The Morgan fingerprint density at radius 1 is 1.17 bits per heavy atom. The number of nitrogens with one attached hydrogen (secondary N) is 1. The van der Waals surface area contributed by atoms with Crippen molar-refractivity contribution < 1.29 is 32.7 Å². The van der Waals surface area contributed by atoms with Crippen LogP contribution in [0.25, 0.3) is 6.08 Å². The minimum absolute atomic E-state index is 0.0402. The Bertz CT molecular complexity index is 1230. The molecule has 35 heavy (non-hydrogen) atoms. The number of hydrogen-bond donors (Lipinski definition) is 1. The standard InChI is InChI=1S/C23H22F2N4O6/c1-28-11-10-26-22(28)21(14-4-7-16(33-2)8-5-14)27-20(30)9-6-15-12-18(34-3)19(35-23(24)25)13-17(15)29(31)32/h4-13,21,23H,1-3H3,(H,27,30)/b9-6+. The lowest BCUT2D eigenvalue weighted by atomic mass is 10.1. The number of hydrogen-bond acceptors (Lipinski definition) is 7. The van der Waals surface area contributed by atoms with Crippen LogP contribution in [-0.2, 0) is 11.8 Å². The first-order chi connectivity index (χ1) is 16.7. The van der Waals surface area contributed by atoms with Gasteiger partial charge in [0.25, 0.3) is 5.69 Å². The largest absolute Gasteiger partial charge is 0.497 e. The molecule has 3 rings (SSSR count). The van der Waals surface area contributed by atoms with Gasteiger partial charge in [-0.2, -0.15) is 8.78 Å². The van der Waals surface area contributed by atoms with Gasteiger partial charge in [0, 0.05) is 25.5 Å². The number of aryl methyl sites for hydroxylation is 1. The summed E-state index contributed by atoms with van der Waals surface area (Å²) in [6, 6.07) is 8.36. The Hall–Kier alpha value is -4.48. The molecule has 1 amide bonds. The van der Waals surface area contributed by atoms with Crippen molar-refractivity contribution in [1.29, 1.82) is 0 Å². The number of carbonyl (C=O) groups is 1. The van der Waals surface area contributed by atoms with Crippen LogP contribution in [0, 0.1) is 10.1 Å². The van der Waals surface area contributed by atoms with Crippen molar-refractivity contribution in [2.24, 2.45) is 7.05 Å². The molecule has 0 fully saturated rings. The lowest BCUT2D eigenvalue weighted by molar-refractivity contribution is -0.385. The maximum absolute atomic E-state index is 12.8. The number of nitrogens with zero attached hydrogens (tertiary/aromatic N) is 3. The molecule has 1 unspecified atom stereocenters. The molecule has 12 heteroatoms. The van der Waals surface area contributed by atoms with Crippen molar-refractivity contribution in [3.8, 4) is 17.2 Å². The molecule has 10 nitrogen and oxygen atoms in total. The molecule has 0 aliphatic heterocycles. The summed E-state index contributed by atoms with van der Waals surface area (Å²) in [4.78, 5) is 27.8. The number of carbonyl (C=O) groups excluding carboxylic acids is 1. The molecular formula is C23H22F2N4O6. The summed E-state index contributed by atoms with van der Waals surface area (Å²) in [6.45, 7) is -3.20. The molecule has 2 aromatic carbocycles. The second kappa shape index (κ2) is 11.1. The third-order valence-corrected chi connectivity index (χ3v) is 4.99. The van der Waals surface area contributed by atoms with Gasteiger partial charge in [-0.25, -0.2) is 4.98 Å². The van der Waals surface area contributed by atoms with Crippen LogP contribution in [0.15, 0.2) is 54.9 Å². The Balaban J connectivity index is 1.90. The fourth-order valence-electron chi connectivity index (χ4n) is 3.31. The highest BCUT2D eigenvalue weighted by atomic mass is 19.3. The highest BCUT2D eigenvalue weighted by Gasteiger charge is 2.22. The number of aromatic nitrogens is 2. The van der Waals surface area contributed by atoms with Crippen molar-refractivity contribution in [3.05, 3.63) is 81.9 Å². The first-order valence-electron chi connectivity index (χ1n) is 10.1. The normalized spacial score (nSPS) is 11.9. The van der Waals surface area contributed by atoms with Gasteiger partial charge in [-0.15, -0.1) is 0 Å². The van der Waals surface area contributed by atoms with Crippen LogP contribution in [0.4, 0.5) is 14.5 Å². The van der Waals surface area contributed by atoms with Gasteiger partial charge < -0.3 is 24.1 Å². The molecule has 0 saturated carbocycles. The van der Waals surface area contributed by atoms with E-state index in [1.165, 1.54) is 20.3 Å². The zero-order chi connectivity index (χ0) is 25.5. The first kappa shape index (κ1) is 25.1. The quantitative estimate of drug-likeness (QED) is 0.262. The summed E-state index contributed by atoms with van der Waals surface area (Å²) in [5.41, 5.74) is 0.144. The molecule has 0 spiro atoms. The van der Waals surface area contributed by atoms with E-state index in [2.05, 4.69) is 15.0 Å². The van der Waals surface area contributed by atoms with E-state index < -0.39 is 34.9 Å². The van der Waals surface area contributed by atoms with Gasteiger partial charge in [0.15, 0.2) is 11.5 Å². The molecule has 0 saturated heterocycles. The van der Waals surface area contributed by atoms with Crippen LogP contribution in [0.3, 0.4) is 0 Å². The summed E-state index contributed by atoms with van der Waals surface area (Å²) in [5, 5.41) is 14.3. The number of ether oxygens (including phenoxy) is 3. The van der Waals surface area contributed by atoms with E-state index in [1.807, 2.05) is 0 Å². The van der Waals surface area contributed by atoms with Crippen molar-refractivity contribution in [3.63, 3.8) is 0 Å². The summed E-state index contributed by atoms with van der Waals surface area (Å²) >= 11 is 0. The summed E-state index contributed by atoms with van der Waals surface area (Å²) in [7, 11) is 4.52. The number of benzene rings is 2. The summed E-state index contributed by atoms with van der Waals surface area (Å²) in [6.07, 6.45) is 5.60. The van der Waals surface area contributed by atoms with Gasteiger partial charge >= 0.3 is 6.61 Å². The number of alkyl halides is 2. The number of imidazole rings is 1. The molecular weight excluding hydrogens is 466 g/mol. The molecule has 0 aliphatic carbocycles. The monoisotopic (exact) mass is 488 g/mol. The average Bonchev–Trinajstić information content (AvgIpc) is 3.26. The van der Waals surface area contributed by atoms with Crippen molar-refractivity contribution in [1.82, 2.24) is 14.9 Å². The number of methoxy groups -OCH3 is 2. The number of nitro groups is 1. The average molecular weight is 488 g/mol. The zero-order valence-electron chi connectivity index (χ0n) is 19.0. The number of amides is 1. The van der Waals surface area contributed by atoms with E-state index in [-0.39, 0.29) is 11.3 Å². The molecule has 184 valence electrons. The number of nitro benzene ring substituents is 1. The van der Waals surface area contributed by atoms with Crippen LogP contribution >= 0.6 is 0 Å². The molecule has 1 atom stereocenters. The van der Waals surface area contributed by atoms with E-state index in [1.54, 1.807) is 48.3 Å². The molecule has 0 radical (unpaired) electrons. The van der Waals surface area contributed by atoms with Crippen molar-refractivity contribution in [2.75, 3.05) is 14.2 Å². The minimum Gasteiger partial charge on any atom is -0.497 e. The number of halogens is 2. The molecule has 1 aromatic heterocycles. The van der Waals surface area contributed by atoms with Crippen molar-refractivity contribution >= 4 is 17.7 Å². The van der Waals surface area contributed by atoms with Crippen LogP contribution in [0.1, 0.15) is 23.0 Å². The fourth-order valence-corrected chi connectivity index (χ4v) is 3.31. The Morgan fingerprint density at radius 2 is 1.89 bits per heavy atom. The topological polar surface area (TPSA) is 118 Å². The van der Waals surface area contributed by atoms with E-state index in [0.29, 0.717) is 11.6 Å². The third kappa shape index (κ3) is 6.10. The lowest BCUT2D eigenvalue weighted by Gasteiger charge is -2.18. The highest BCUT2D eigenvalue weighted by molar-refractivity contribution is 5.93. The molecule has 3 aromatic rings. The third-order valence-electron chi connectivity index (χ3n) is 4.99. The van der Waals surface area contributed by atoms with Gasteiger partial charge in [0.1, 0.15) is 17.6 Å². The zero-order valence-corrected chi connectivity index (χ0v) is 19.0. The molecule has 1 heterocycles. The maximum Gasteiger partial charge on any atom is 0.387 e. The Morgan fingerprint density at radius 3 is 2.43 bits per heavy atom. The van der Waals surface area contributed by atoms with Gasteiger partial charge in [0.2, 0.25) is 5.91 Å². The van der Waals surface area contributed by atoms with Gasteiger partial charge in [-0.3, -0.25) is 14.9 Å². The van der Waals surface area contributed by atoms with Gasteiger partial charge in [-0.05, 0) is 29.8 Å². The highest BCUT2D eigenvalue weighted by Crippen LogP contribution is 2.36. The van der Waals surface area contributed by atoms with Crippen LogP contribution in [-0.4, -0.2) is 41.2 Å².